The summed E-state index contributed by atoms with van der Waals surface area (Å²) in [6.45, 7) is 3.73. The number of halogens is 1. The van der Waals surface area contributed by atoms with Gasteiger partial charge in [0, 0.05) is 13.0 Å². The molecule has 0 bridgehead atoms. The van der Waals surface area contributed by atoms with Gasteiger partial charge in [-0.25, -0.2) is 14.1 Å². The molecule has 1 N–H and O–H groups in total. The van der Waals surface area contributed by atoms with Crippen molar-refractivity contribution in [2.24, 2.45) is 0 Å². The molecular formula is C30H28FN3O7. The van der Waals surface area contributed by atoms with Crippen LogP contribution in [0.1, 0.15) is 42.6 Å². The van der Waals surface area contributed by atoms with E-state index in [2.05, 4.69) is 5.32 Å². The van der Waals surface area contributed by atoms with Gasteiger partial charge in [0.25, 0.3) is 5.91 Å². The van der Waals surface area contributed by atoms with Gasteiger partial charge in [-0.3, -0.25) is 19.7 Å². The van der Waals surface area contributed by atoms with E-state index in [0.717, 1.165) is 0 Å². The Morgan fingerprint density at radius 1 is 1.05 bits per heavy atom. The average Bonchev–Trinajstić information content (AvgIpc) is 3.28. The Morgan fingerprint density at radius 2 is 1.78 bits per heavy atom. The van der Waals surface area contributed by atoms with Crippen molar-refractivity contribution in [1.82, 2.24) is 10.2 Å². The van der Waals surface area contributed by atoms with Gasteiger partial charge in [-0.05, 0) is 68.3 Å². The van der Waals surface area contributed by atoms with Crippen LogP contribution >= 0.6 is 0 Å². The van der Waals surface area contributed by atoms with Crippen LogP contribution in [0.25, 0.3) is 0 Å². The first-order valence-electron chi connectivity index (χ1n) is 13.1. The lowest BCUT2D eigenvalue weighted by molar-refractivity contribution is -0.136. The number of fused-ring (bicyclic) bond motifs is 1. The van der Waals surface area contributed by atoms with E-state index < -0.39 is 29.8 Å². The lowest BCUT2D eigenvalue weighted by Gasteiger charge is -2.29. The first-order valence-corrected chi connectivity index (χ1v) is 13.1. The third-order valence-corrected chi connectivity index (χ3v) is 6.74. The minimum atomic E-state index is -0.804. The fourth-order valence-electron chi connectivity index (χ4n) is 4.89. The summed E-state index contributed by atoms with van der Waals surface area (Å²) >= 11 is 0. The van der Waals surface area contributed by atoms with Crippen LogP contribution < -0.4 is 19.7 Å². The number of hydrogen-bond donors (Lipinski definition) is 1. The minimum Gasteiger partial charge on any atom is -0.488 e. The number of hydrogen-bond acceptors (Lipinski definition) is 7. The van der Waals surface area contributed by atoms with Gasteiger partial charge < -0.3 is 19.1 Å². The number of ether oxygens (including phenoxy) is 3. The quantitative estimate of drug-likeness (QED) is 0.401. The summed E-state index contributed by atoms with van der Waals surface area (Å²) in [5, 5.41) is 2.29. The maximum absolute atomic E-state index is 14.1. The van der Waals surface area contributed by atoms with Crippen LogP contribution in [-0.2, 0) is 20.9 Å². The Balaban J connectivity index is 1.52. The number of imide groups is 1. The number of amides is 4. The van der Waals surface area contributed by atoms with Crippen LogP contribution in [0, 0.1) is 5.82 Å². The summed E-state index contributed by atoms with van der Waals surface area (Å²) < 4.78 is 30.9. The molecule has 1 atom stereocenters. The van der Waals surface area contributed by atoms with E-state index in [0.29, 0.717) is 17.0 Å². The van der Waals surface area contributed by atoms with Crippen molar-refractivity contribution in [2.75, 3.05) is 12.0 Å². The normalized spacial score (nSPS) is 16.4. The van der Waals surface area contributed by atoms with Gasteiger partial charge in [0.05, 0.1) is 30.2 Å². The molecule has 0 aliphatic carbocycles. The molecule has 2 aliphatic heterocycles. The van der Waals surface area contributed by atoms with E-state index >= 15 is 0 Å². The van der Waals surface area contributed by atoms with Gasteiger partial charge in [0.1, 0.15) is 11.8 Å². The Hall–Kier alpha value is -4.93. The second-order valence-corrected chi connectivity index (χ2v) is 9.85. The molecule has 0 radical (unpaired) electrons. The van der Waals surface area contributed by atoms with E-state index in [4.69, 9.17) is 14.2 Å². The Kier molecular flexibility index (Phi) is 7.60. The summed E-state index contributed by atoms with van der Waals surface area (Å²) in [7, 11) is 1.23. The fraction of sp³-hybridized carbons (Fsp3) is 0.267. The minimum absolute atomic E-state index is 0.0513. The van der Waals surface area contributed by atoms with Crippen molar-refractivity contribution in [1.29, 1.82) is 0 Å². The smallest absolute Gasteiger partial charge is 0.418 e. The molecular weight excluding hydrogens is 533 g/mol. The predicted octanol–water partition coefficient (Wildman–Crippen LogP) is 5.07. The Bertz CT molecular complexity index is 1520. The van der Waals surface area contributed by atoms with Crippen molar-refractivity contribution in [2.45, 2.75) is 45.4 Å². The SMILES string of the molecule is COC(=O)N(c1ccc(Oc2ccccc2F)cc1)c1ccc2c(c1OC(C)C)C(=O)N(C1CCC(=O)NC1=O)C2. The zero-order valence-corrected chi connectivity index (χ0v) is 22.7. The Morgan fingerprint density at radius 3 is 2.44 bits per heavy atom. The first kappa shape index (κ1) is 27.6. The average molecular weight is 562 g/mol. The molecule has 4 amide bonds. The number of anilines is 2. The lowest BCUT2D eigenvalue weighted by atomic mass is 10.0. The van der Waals surface area contributed by atoms with E-state index in [1.54, 1.807) is 62.4 Å². The summed E-state index contributed by atoms with van der Waals surface area (Å²) in [4.78, 5) is 53.7. The number of rotatable bonds is 7. The van der Waals surface area contributed by atoms with Crippen molar-refractivity contribution in [3.05, 3.63) is 77.6 Å². The third kappa shape index (κ3) is 5.43. The lowest BCUT2D eigenvalue weighted by Crippen LogP contribution is -2.52. The van der Waals surface area contributed by atoms with Gasteiger partial charge in [-0.2, -0.15) is 0 Å². The first-order chi connectivity index (χ1) is 19.7. The van der Waals surface area contributed by atoms with Gasteiger partial charge in [0.2, 0.25) is 11.8 Å². The predicted molar refractivity (Wildman–Crippen MR) is 146 cm³/mol. The molecule has 1 unspecified atom stereocenters. The van der Waals surface area contributed by atoms with Crippen LogP contribution in [-0.4, -0.2) is 48.0 Å². The van der Waals surface area contributed by atoms with E-state index in [1.807, 2.05) is 0 Å². The van der Waals surface area contributed by atoms with Crippen molar-refractivity contribution in [3.63, 3.8) is 0 Å². The number of methoxy groups -OCH3 is 1. The van der Waals surface area contributed by atoms with Gasteiger partial charge in [-0.15, -0.1) is 0 Å². The molecule has 0 saturated carbocycles. The molecule has 3 aromatic rings. The number of nitrogens with zero attached hydrogens (tertiary/aromatic N) is 2. The molecule has 1 fully saturated rings. The number of carbonyl (C=O) groups is 4. The van der Waals surface area contributed by atoms with Crippen LogP contribution in [0.3, 0.4) is 0 Å². The number of piperidine rings is 1. The largest absolute Gasteiger partial charge is 0.488 e. The topological polar surface area (TPSA) is 114 Å². The van der Waals surface area contributed by atoms with Crippen LogP contribution in [0.4, 0.5) is 20.6 Å². The highest BCUT2D eigenvalue weighted by Crippen LogP contribution is 2.43. The highest BCUT2D eigenvalue weighted by atomic mass is 19.1. The van der Waals surface area contributed by atoms with Gasteiger partial charge >= 0.3 is 6.09 Å². The second-order valence-electron chi connectivity index (χ2n) is 9.85. The van der Waals surface area contributed by atoms with Gasteiger partial charge in [-0.1, -0.05) is 18.2 Å². The fourth-order valence-corrected chi connectivity index (χ4v) is 4.89. The highest BCUT2D eigenvalue weighted by Gasteiger charge is 2.42. The van der Waals surface area contributed by atoms with Crippen LogP contribution in [0.2, 0.25) is 0 Å². The maximum Gasteiger partial charge on any atom is 0.418 e. The maximum atomic E-state index is 14.1. The summed E-state index contributed by atoms with van der Waals surface area (Å²) in [6, 6.07) is 14.9. The van der Waals surface area contributed by atoms with Crippen molar-refractivity contribution >= 4 is 35.2 Å². The molecule has 1 saturated heterocycles. The number of benzene rings is 3. The van der Waals surface area contributed by atoms with Crippen molar-refractivity contribution < 1.29 is 37.8 Å². The van der Waals surface area contributed by atoms with Crippen LogP contribution in [0.5, 0.6) is 17.2 Å². The van der Waals surface area contributed by atoms with E-state index in [1.165, 1.54) is 29.0 Å². The van der Waals surface area contributed by atoms with Crippen LogP contribution in [0.15, 0.2) is 60.7 Å². The monoisotopic (exact) mass is 561 g/mol. The number of carbonyl (C=O) groups excluding carboxylic acids is 4. The molecule has 2 heterocycles. The Labute approximate surface area is 235 Å². The summed E-state index contributed by atoms with van der Waals surface area (Å²) in [5.41, 5.74) is 1.48. The highest BCUT2D eigenvalue weighted by molar-refractivity contribution is 6.09. The van der Waals surface area contributed by atoms with Gasteiger partial charge in [0.15, 0.2) is 17.3 Å². The molecule has 0 spiro atoms. The molecule has 11 heteroatoms. The molecule has 3 aromatic carbocycles. The molecule has 2 aliphatic rings. The third-order valence-electron chi connectivity index (χ3n) is 6.74. The molecule has 0 aromatic heterocycles. The zero-order valence-electron chi connectivity index (χ0n) is 22.7. The second kappa shape index (κ2) is 11.3. The molecule has 41 heavy (non-hydrogen) atoms. The summed E-state index contributed by atoms with van der Waals surface area (Å²) in [5.74, 6) is -1.30. The van der Waals surface area contributed by atoms with E-state index in [9.17, 15) is 23.6 Å². The molecule has 212 valence electrons. The number of nitrogens with one attached hydrogen (secondary N) is 1. The molecule has 10 nitrogen and oxygen atoms in total. The zero-order chi connectivity index (χ0) is 29.3. The standard InChI is InChI=1S/C30H28FN3O7/c1-17(2)40-27-22(13-8-18-16-33(29(37)26(18)27)23-14-15-25(35)32-28(23)36)34(30(38)39-3)19-9-11-20(12-10-19)41-24-7-5-4-6-21(24)31/h4-13,17,23H,14-16H2,1-3H3,(H,32,35,36). The van der Waals surface area contributed by atoms with Crippen molar-refractivity contribution in [3.8, 4) is 17.2 Å². The van der Waals surface area contributed by atoms with E-state index in [-0.39, 0.29) is 54.1 Å². The number of para-hydroxylation sites is 1. The summed E-state index contributed by atoms with van der Waals surface area (Å²) in [6.07, 6.45) is -0.764. The molecule has 5 rings (SSSR count).